The number of esters is 1. The molecule has 224 valence electrons. The fraction of sp³-hybridized carbons (Fsp3) is 0.875. The lowest BCUT2D eigenvalue weighted by molar-refractivity contribution is -0.323. The van der Waals surface area contributed by atoms with Crippen LogP contribution >= 0.6 is 0 Å². The second-order valence-electron chi connectivity index (χ2n) is 9.43. The van der Waals surface area contributed by atoms with Crippen LogP contribution in [0.2, 0.25) is 0 Å². The molecule has 1 heterocycles. The lowest BCUT2D eigenvalue weighted by atomic mass is 10.0. The smallest absolute Gasteiger partial charge is 0.397 e. The van der Waals surface area contributed by atoms with Crippen LogP contribution in [0.1, 0.15) is 110 Å². The quantitative estimate of drug-likeness (QED) is 0.0752. The number of cyclic esters (lactones) is 1. The Labute approximate surface area is 227 Å². The summed E-state index contributed by atoms with van der Waals surface area (Å²) in [6.07, 6.45) is 14.9. The average Bonchev–Trinajstić information content (AvgIpc) is 3.10. The normalized spacial score (nSPS) is 17.1. The van der Waals surface area contributed by atoms with Gasteiger partial charge in [0.25, 0.3) is 0 Å². The Morgan fingerprint density at radius 2 is 1.29 bits per heavy atom. The first-order valence-electron chi connectivity index (χ1n) is 13.5. The van der Waals surface area contributed by atoms with E-state index < -0.39 is 57.1 Å². The molecule has 0 aliphatic carbocycles. The van der Waals surface area contributed by atoms with Crippen molar-refractivity contribution in [1.82, 2.24) is 0 Å². The van der Waals surface area contributed by atoms with E-state index in [1.54, 1.807) is 0 Å². The highest BCUT2D eigenvalue weighted by atomic mass is 32.3. The number of hydrogen-bond acceptors (Lipinski definition) is 11. The van der Waals surface area contributed by atoms with Gasteiger partial charge in [0.2, 0.25) is 10.4 Å². The Bertz CT molecular complexity index is 915. The van der Waals surface area contributed by atoms with Gasteiger partial charge in [-0.3, -0.25) is 8.74 Å². The van der Waals surface area contributed by atoms with E-state index in [9.17, 15) is 31.3 Å². The molecule has 0 saturated carbocycles. The largest absolute Gasteiger partial charge is 0.870 e. The molecule has 0 saturated heterocycles. The first-order chi connectivity index (χ1) is 17.9. The minimum Gasteiger partial charge on any atom is -0.870 e. The zero-order valence-electron chi connectivity index (χ0n) is 22.1. The number of hydrogen-bond donors (Lipinski definition) is 1. The van der Waals surface area contributed by atoms with Gasteiger partial charge >= 0.3 is 16.4 Å². The van der Waals surface area contributed by atoms with Crippen molar-refractivity contribution in [2.24, 2.45) is 0 Å². The molecule has 0 aromatic carbocycles. The second-order valence-corrected chi connectivity index (χ2v) is 11.5. The van der Waals surface area contributed by atoms with E-state index in [1.807, 2.05) is 0 Å². The first kappa shape index (κ1) is 34.6. The van der Waals surface area contributed by atoms with Gasteiger partial charge < -0.3 is 19.1 Å². The fourth-order valence-corrected chi connectivity index (χ4v) is 4.89. The molecular weight excluding hydrogens is 544 g/mol. The third-order valence-electron chi connectivity index (χ3n) is 6.11. The van der Waals surface area contributed by atoms with Crippen molar-refractivity contribution in [2.45, 2.75) is 122 Å². The SMILES string of the molecule is CCCCCCCCCCCCCCCCCCOC1=C([O-])C(C(COS(=O)(=O)[O-])OS(=O)(=O)O)OC1=O. The Hall–Kier alpha value is -1.45. The summed E-state index contributed by atoms with van der Waals surface area (Å²) in [6, 6.07) is 0. The molecule has 14 heteroatoms. The van der Waals surface area contributed by atoms with Crippen molar-refractivity contribution < 1.29 is 53.7 Å². The number of ether oxygens (including phenoxy) is 2. The fourth-order valence-electron chi connectivity index (χ4n) is 4.12. The highest BCUT2D eigenvalue weighted by molar-refractivity contribution is 7.81. The van der Waals surface area contributed by atoms with Crippen molar-refractivity contribution in [1.29, 1.82) is 0 Å². The van der Waals surface area contributed by atoms with Gasteiger partial charge in [0.1, 0.15) is 12.2 Å². The van der Waals surface area contributed by atoms with Crippen LogP contribution in [0, 0.1) is 0 Å². The van der Waals surface area contributed by atoms with Gasteiger partial charge in [-0.25, -0.2) is 17.4 Å². The Morgan fingerprint density at radius 1 is 0.842 bits per heavy atom. The van der Waals surface area contributed by atoms with Crippen LogP contribution in [0.3, 0.4) is 0 Å². The Balaban J connectivity index is 2.22. The van der Waals surface area contributed by atoms with Crippen LogP contribution in [-0.4, -0.2) is 57.3 Å². The third-order valence-corrected chi connectivity index (χ3v) is 7.02. The monoisotopic (exact) mass is 586 g/mol. The van der Waals surface area contributed by atoms with E-state index in [1.165, 1.54) is 70.6 Å². The molecule has 0 aromatic heterocycles. The van der Waals surface area contributed by atoms with Crippen LogP contribution in [-0.2, 0) is 43.4 Å². The summed E-state index contributed by atoms with van der Waals surface area (Å²) < 4.78 is 80.7. The van der Waals surface area contributed by atoms with Crippen molar-refractivity contribution in [3.63, 3.8) is 0 Å². The van der Waals surface area contributed by atoms with Gasteiger partial charge in [-0.05, 0) is 12.2 Å². The van der Waals surface area contributed by atoms with Gasteiger partial charge in [0, 0.05) is 0 Å². The van der Waals surface area contributed by atoms with Crippen LogP contribution in [0.5, 0.6) is 0 Å². The maximum atomic E-state index is 12.4. The van der Waals surface area contributed by atoms with Gasteiger partial charge in [-0.15, -0.1) is 0 Å². The van der Waals surface area contributed by atoms with Crippen LogP contribution < -0.4 is 5.11 Å². The van der Waals surface area contributed by atoms with Crippen molar-refractivity contribution >= 4 is 26.8 Å². The summed E-state index contributed by atoms with van der Waals surface area (Å²) in [7, 11) is -10.5. The van der Waals surface area contributed by atoms with Crippen molar-refractivity contribution in [3.8, 4) is 0 Å². The predicted molar refractivity (Wildman–Crippen MR) is 134 cm³/mol. The molecule has 2 atom stereocenters. The minimum atomic E-state index is -5.28. The molecule has 1 aliphatic heterocycles. The molecule has 0 amide bonds. The van der Waals surface area contributed by atoms with Crippen molar-refractivity contribution in [3.05, 3.63) is 11.5 Å². The summed E-state index contributed by atoms with van der Waals surface area (Å²) in [6.45, 7) is 0.979. The van der Waals surface area contributed by atoms with E-state index in [0.29, 0.717) is 6.42 Å². The molecule has 0 radical (unpaired) electrons. The van der Waals surface area contributed by atoms with Crippen LogP contribution in [0.15, 0.2) is 11.5 Å². The predicted octanol–water partition coefficient (Wildman–Crippen LogP) is 3.43. The topological polar surface area (TPSA) is 189 Å². The zero-order chi connectivity index (χ0) is 28.4. The van der Waals surface area contributed by atoms with Gasteiger partial charge in [-0.2, -0.15) is 8.42 Å². The molecule has 38 heavy (non-hydrogen) atoms. The highest BCUT2D eigenvalue weighted by Gasteiger charge is 2.39. The minimum absolute atomic E-state index is 0.0383. The average molecular weight is 587 g/mol. The first-order valence-corrected chi connectivity index (χ1v) is 16.2. The molecule has 2 unspecified atom stereocenters. The second kappa shape index (κ2) is 18.8. The molecule has 1 N–H and O–H groups in total. The number of rotatable bonds is 24. The molecule has 0 aromatic rings. The van der Waals surface area contributed by atoms with E-state index in [2.05, 4.69) is 15.3 Å². The molecular formula is C24H42O12S2-2. The molecule has 0 bridgehead atoms. The van der Waals surface area contributed by atoms with Gasteiger partial charge in [0.15, 0.2) is 5.76 Å². The molecule has 0 fully saturated rings. The van der Waals surface area contributed by atoms with E-state index >= 15 is 0 Å². The molecule has 12 nitrogen and oxygen atoms in total. The maximum Gasteiger partial charge on any atom is 0.397 e. The highest BCUT2D eigenvalue weighted by Crippen LogP contribution is 2.25. The van der Waals surface area contributed by atoms with E-state index in [-0.39, 0.29) is 6.61 Å². The van der Waals surface area contributed by atoms with Gasteiger partial charge in [0.05, 0.1) is 13.2 Å². The summed E-state index contributed by atoms with van der Waals surface area (Å²) >= 11 is 0. The van der Waals surface area contributed by atoms with E-state index in [4.69, 9.17) is 14.0 Å². The standard InChI is InChI=1S/C24H44O12S2/c1-2-3-4-5-6-7-8-9-10-11-12-13-14-15-16-17-18-33-23-21(25)22(35-24(23)26)20(36-38(30,31)32)19-34-37(27,28)29/h20,22,25H,2-19H2,1H3,(H,27,28,29)(H,30,31,32)/p-2. The lowest BCUT2D eigenvalue weighted by Gasteiger charge is -2.25. The van der Waals surface area contributed by atoms with Crippen LogP contribution in [0.25, 0.3) is 0 Å². The molecule has 1 rings (SSSR count). The zero-order valence-corrected chi connectivity index (χ0v) is 23.8. The third kappa shape index (κ3) is 16.5. The molecule has 0 spiro atoms. The maximum absolute atomic E-state index is 12.4. The summed E-state index contributed by atoms with van der Waals surface area (Å²) in [4.78, 5) is 12.0. The summed E-state index contributed by atoms with van der Waals surface area (Å²) in [5, 5.41) is 12.4. The van der Waals surface area contributed by atoms with Crippen LogP contribution in [0.4, 0.5) is 0 Å². The Kier molecular flexibility index (Phi) is 17.1. The molecule has 1 aliphatic rings. The Morgan fingerprint density at radius 3 is 1.71 bits per heavy atom. The number of carbonyl (C=O) groups excluding carboxylic acids is 1. The number of carbonyl (C=O) groups is 1. The van der Waals surface area contributed by atoms with Crippen molar-refractivity contribution in [2.75, 3.05) is 13.2 Å². The van der Waals surface area contributed by atoms with Gasteiger partial charge in [-0.1, -0.05) is 103 Å². The lowest BCUT2D eigenvalue weighted by Crippen LogP contribution is -2.40. The number of unbranched alkanes of at least 4 members (excludes halogenated alkanes) is 15. The summed E-state index contributed by atoms with van der Waals surface area (Å²) in [5.41, 5.74) is 0. The summed E-state index contributed by atoms with van der Waals surface area (Å²) in [5.74, 6) is -3.03. The van der Waals surface area contributed by atoms with E-state index in [0.717, 1.165) is 25.7 Å².